The van der Waals surface area contributed by atoms with E-state index in [2.05, 4.69) is 43.0 Å². The number of carboxylic acid groups (broad SMARTS) is 3. The molecule has 0 aliphatic rings. The molecular formula is C32H35Cl2NO8. The lowest BCUT2D eigenvalue weighted by molar-refractivity contribution is -0.170. The van der Waals surface area contributed by atoms with E-state index in [1.54, 1.807) is 0 Å². The van der Waals surface area contributed by atoms with E-state index in [0.717, 1.165) is 47.6 Å². The average Bonchev–Trinajstić information content (AvgIpc) is 2.96. The van der Waals surface area contributed by atoms with Crippen LogP contribution in [0.4, 0.5) is 0 Å². The molecule has 0 bridgehead atoms. The molecule has 230 valence electrons. The van der Waals surface area contributed by atoms with E-state index in [1.807, 2.05) is 54.6 Å². The Morgan fingerprint density at radius 3 is 1.72 bits per heavy atom. The summed E-state index contributed by atoms with van der Waals surface area (Å²) >= 11 is 12.9. The number of aliphatic carboxylic acids is 3. The first-order valence-electron chi connectivity index (χ1n) is 13.5. The van der Waals surface area contributed by atoms with Gasteiger partial charge in [0.25, 0.3) is 0 Å². The van der Waals surface area contributed by atoms with Gasteiger partial charge in [-0.3, -0.25) is 9.59 Å². The molecule has 0 aliphatic heterocycles. The fourth-order valence-electron chi connectivity index (χ4n) is 4.03. The molecule has 0 atom stereocenters. The third-order valence-corrected chi connectivity index (χ3v) is 7.04. The van der Waals surface area contributed by atoms with Gasteiger partial charge in [-0.15, -0.1) is 0 Å². The molecule has 0 aliphatic carbocycles. The van der Waals surface area contributed by atoms with Crippen molar-refractivity contribution in [2.24, 2.45) is 0 Å². The van der Waals surface area contributed by atoms with Gasteiger partial charge in [0, 0.05) is 17.1 Å². The quantitative estimate of drug-likeness (QED) is 0.158. The molecule has 0 fully saturated rings. The van der Waals surface area contributed by atoms with Gasteiger partial charge >= 0.3 is 17.9 Å². The number of nitrogens with zero attached hydrogens (tertiary/aromatic N) is 1. The van der Waals surface area contributed by atoms with E-state index in [1.165, 1.54) is 0 Å². The molecule has 0 saturated carbocycles. The maximum Gasteiger partial charge on any atom is 0.336 e. The highest BCUT2D eigenvalue weighted by Crippen LogP contribution is 2.35. The van der Waals surface area contributed by atoms with Crippen molar-refractivity contribution < 1.29 is 39.5 Å². The first-order chi connectivity index (χ1) is 20.4. The molecule has 43 heavy (non-hydrogen) atoms. The van der Waals surface area contributed by atoms with E-state index in [0.29, 0.717) is 16.7 Å². The minimum absolute atomic E-state index is 0.675. The van der Waals surface area contributed by atoms with Crippen LogP contribution in [0.1, 0.15) is 43.4 Å². The summed E-state index contributed by atoms with van der Waals surface area (Å²) < 4.78 is 5.93. The van der Waals surface area contributed by atoms with E-state index in [-0.39, 0.29) is 0 Å². The van der Waals surface area contributed by atoms with Crippen molar-refractivity contribution in [1.82, 2.24) is 4.90 Å². The summed E-state index contributed by atoms with van der Waals surface area (Å²) in [4.78, 5) is 32.8. The highest BCUT2D eigenvalue weighted by molar-refractivity contribution is 6.53. The Bertz CT molecular complexity index is 1360. The zero-order valence-electron chi connectivity index (χ0n) is 23.9. The standard InChI is InChI=1S/C26H27Cl2NO.C6H8O7/c1-3-29(4-2)18-19-30-24-16-12-21(13-17-24)25(20-8-6-5-7-9-20)26(28)22-10-14-23(27)15-11-22;7-3(8)1-6(13,5(11)12)2-4(9)10/h5-17H,3-4,18-19H2,1-2H3;13H,1-2H2,(H,7,8)(H,9,10)(H,11,12)/b26-25-;. The highest BCUT2D eigenvalue weighted by Gasteiger charge is 2.40. The van der Waals surface area contributed by atoms with Crippen LogP contribution in [-0.4, -0.2) is 75.1 Å². The Labute approximate surface area is 260 Å². The van der Waals surface area contributed by atoms with Gasteiger partial charge in [-0.1, -0.05) is 91.6 Å². The molecule has 9 nitrogen and oxygen atoms in total. The largest absolute Gasteiger partial charge is 0.492 e. The summed E-state index contributed by atoms with van der Waals surface area (Å²) in [5.41, 5.74) is 1.27. The van der Waals surface area contributed by atoms with Gasteiger partial charge in [-0.25, -0.2) is 4.79 Å². The van der Waals surface area contributed by atoms with Crippen LogP contribution in [0.5, 0.6) is 5.75 Å². The van der Waals surface area contributed by atoms with Gasteiger partial charge in [0.2, 0.25) is 0 Å². The highest BCUT2D eigenvalue weighted by atomic mass is 35.5. The van der Waals surface area contributed by atoms with Crippen LogP contribution < -0.4 is 4.74 Å². The maximum absolute atomic E-state index is 10.3. The van der Waals surface area contributed by atoms with Crippen LogP contribution in [0, 0.1) is 0 Å². The van der Waals surface area contributed by atoms with Crippen molar-refractivity contribution in [3.63, 3.8) is 0 Å². The number of carbonyl (C=O) groups is 3. The van der Waals surface area contributed by atoms with Crippen LogP contribution in [0.15, 0.2) is 78.9 Å². The molecule has 0 unspecified atom stereocenters. The van der Waals surface area contributed by atoms with Crippen LogP contribution in [0.3, 0.4) is 0 Å². The summed E-state index contributed by atoms with van der Waals surface area (Å²) in [7, 11) is 0. The molecular weight excluding hydrogens is 597 g/mol. The van der Waals surface area contributed by atoms with Crippen LogP contribution in [-0.2, 0) is 14.4 Å². The minimum Gasteiger partial charge on any atom is -0.492 e. The minimum atomic E-state index is -2.74. The molecule has 0 saturated heterocycles. The number of ether oxygens (including phenoxy) is 1. The summed E-state index contributed by atoms with van der Waals surface area (Å²) in [5, 5.41) is 35.2. The number of halogens is 2. The summed E-state index contributed by atoms with van der Waals surface area (Å²) in [6, 6.07) is 25.9. The van der Waals surface area contributed by atoms with Gasteiger partial charge < -0.3 is 30.1 Å². The zero-order valence-corrected chi connectivity index (χ0v) is 25.4. The van der Waals surface area contributed by atoms with Crippen LogP contribution in [0.25, 0.3) is 10.6 Å². The van der Waals surface area contributed by atoms with Crippen LogP contribution in [0.2, 0.25) is 5.02 Å². The third-order valence-electron chi connectivity index (χ3n) is 6.38. The fraction of sp³-hybridized carbons (Fsp3) is 0.281. The number of carboxylic acids is 3. The molecule has 0 aromatic heterocycles. The molecule has 3 aromatic rings. The van der Waals surface area contributed by atoms with Crippen molar-refractivity contribution in [2.45, 2.75) is 32.3 Å². The second kappa shape index (κ2) is 17.3. The molecule has 0 spiro atoms. The van der Waals surface area contributed by atoms with Crippen LogP contribution >= 0.6 is 23.2 Å². The number of hydrogen-bond donors (Lipinski definition) is 4. The van der Waals surface area contributed by atoms with Crippen molar-refractivity contribution in [3.8, 4) is 5.75 Å². The van der Waals surface area contributed by atoms with Gasteiger partial charge in [-0.05, 0) is 54.0 Å². The van der Waals surface area contributed by atoms with Gasteiger partial charge in [0.05, 0.1) is 17.9 Å². The summed E-state index contributed by atoms with van der Waals surface area (Å²) in [6.07, 6.45) is -2.29. The van der Waals surface area contributed by atoms with E-state index < -0.39 is 36.4 Å². The SMILES string of the molecule is CCN(CC)CCOc1ccc(/C(=C(\Cl)c2ccc(Cl)cc2)c2ccccc2)cc1.O=C(O)CC(O)(CC(=O)O)C(=O)O. The van der Waals surface area contributed by atoms with Gasteiger partial charge in [0.15, 0.2) is 5.60 Å². The first kappa shape index (κ1) is 35.3. The van der Waals surface area contributed by atoms with E-state index in [9.17, 15) is 14.4 Å². The van der Waals surface area contributed by atoms with Crippen molar-refractivity contribution in [1.29, 1.82) is 0 Å². The molecule has 0 heterocycles. The summed E-state index contributed by atoms with van der Waals surface area (Å²) in [5.74, 6) is -4.16. The number of rotatable bonds is 14. The Morgan fingerprint density at radius 1 is 0.767 bits per heavy atom. The molecule has 0 amide bonds. The van der Waals surface area contributed by atoms with Crippen molar-refractivity contribution in [2.75, 3.05) is 26.2 Å². The lowest BCUT2D eigenvalue weighted by Gasteiger charge is -2.18. The smallest absolute Gasteiger partial charge is 0.336 e. The van der Waals surface area contributed by atoms with Crippen molar-refractivity contribution in [3.05, 3.63) is 101 Å². The molecule has 11 heteroatoms. The second-order valence-electron chi connectivity index (χ2n) is 9.44. The Morgan fingerprint density at radius 2 is 1.26 bits per heavy atom. The topological polar surface area (TPSA) is 145 Å². The summed E-state index contributed by atoms with van der Waals surface area (Å²) in [6.45, 7) is 8.00. The van der Waals surface area contributed by atoms with E-state index >= 15 is 0 Å². The molecule has 3 rings (SSSR count). The Kier molecular flexibility index (Phi) is 14.2. The zero-order chi connectivity index (χ0) is 32.0. The predicted molar refractivity (Wildman–Crippen MR) is 166 cm³/mol. The first-order valence-corrected chi connectivity index (χ1v) is 14.2. The lowest BCUT2D eigenvalue weighted by Crippen LogP contribution is -2.42. The van der Waals surface area contributed by atoms with Gasteiger partial charge in [-0.2, -0.15) is 0 Å². The number of likely N-dealkylation sites (N-methyl/N-ethyl adjacent to an activating group) is 1. The van der Waals surface area contributed by atoms with Gasteiger partial charge in [0.1, 0.15) is 12.4 Å². The Balaban J connectivity index is 0.000000420. The van der Waals surface area contributed by atoms with Crippen molar-refractivity contribution >= 4 is 51.7 Å². The molecule has 0 radical (unpaired) electrons. The number of benzene rings is 3. The monoisotopic (exact) mass is 631 g/mol. The number of aliphatic hydroxyl groups is 1. The molecule has 4 N–H and O–H groups in total. The fourth-order valence-corrected chi connectivity index (χ4v) is 4.50. The normalized spacial score (nSPS) is 11.7. The van der Waals surface area contributed by atoms with E-state index in [4.69, 9.17) is 48.4 Å². The predicted octanol–water partition coefficient (Wildman–Crippen LogP) is 5.97. The number of hydrogen-bond acceptors (Lipinski definition) is 6. The Hall–Kier alpha value is -3.89. The maximum atomic E-state index is 10.3. The lowest BCUT2D eigenvalue weighted by atomic mass is 9.95. The molecule has 3 aromatic carbocycles. The third kappa shape index (κ3) is 11.4. The second-order valence-corrected chi connectivity index (χ2v) is 10.3. The average molecular weight is 633 g/mol.